The Kier molecular flexibility index (Phi) is 4.60. The number of furan rings is 1. The standard InChI is InChI=1S/C19H20N2O3/c1-3-7-16(22)13(18-10-6-11-24-18)12-17(23)19-20-14-8-4-5-9-15(14)21(19)2/h4-6,8-11,13H,3,7,12H2,1-2H3. The molecule has 3 aromatic rings. The molecule has 5 heteroatoms. The van der Waals surface area contributed by atoms with Crippen LogP contribution in [0.5, 0.6) is 0 Å². The molecule has 0 bridgehead atoms. The third-order valence-electron chi connectivity index (χ3n) is 4.20. The Bertz CT molecular complexity index is 862. The minimum absolute atomic E-state index is 0.0274. The average Bonchev–Trinajstić information content (AvgIpc) is 3.21. The van der Waals surface area contributed by atoms with Crippen LogP contribution >= 0.6 is 0 Å². The second-order valence-corrected chi connectivity index (χ2v) is 5.89. The van der Waals surface area contributed by atoms with E-state index in [0.717, 1.165) is 17.5 Å². The first-order valence-electron chi connectivity index (χ1n) is 8.12. The van der Waals surface area contributed by atoms with E-state index in [-0.39, 0.29) is 18.0 Å². The van der Waals surface area contributed by atoms with Gasteiger partial charge in [-0.05, 0) is 30.7 Å². The van der Waals surface area contributed by atoms with Gasteiger partial charge in [-0.25, -0.2) is 4.98 Å². The molecule has 24 heavy (non-hydrogen) atoms. The van der Waals surface area contributed by atoms with Crippen LogP contribution in [0, 0.1) is 0 Å². The molecule has 1 aromatic carbocycles. The van der Waals surface area contributed by atoms with Gasteiger partial charge in [-0.3, -0.25) is 9.59 Å². The Balaban J connectivity index is 1.90. The summed E-state index contributed by atoms with van der Waals surface area (Å²) in [5.41, 5.74) is 1.67. The second kappa shape index (κ2) is 6.83. The van der Waals surface area contributed by atoms with Gasteiger partial charge in [0.05, 0.1) is 23.2 Å². The molecular formula is C19H20N2O3. The van der Waals surface area contributed by atoms with Crippen LogP contribution in [0.3, 0.4) is 0 Å². The summed E-state index contributed by atoms with van der Waals surface area (Å²) in [6, 6.07) is 11.1. The molecule has 0 spiro atoms. The predicted octanol–water partition coefficient (Wildman–Crippen LogP) is 3.89. The Morgan fingerprint density at radius 1 is 1.21 bits per heavy atom. The number of hydrogen-bond donors (Lipinski definition) is 0. The van der Waals surface area contributed by atoms with Crippen molar-refractivity contribution in [2.45, 2.75) is 32.1 Å². The quantitative estimate of drug-likeness (QED) is 0.618. The van der Waals surface area contributed by atoms with E-state index in [2.05, 4.69) is 4.98 Å². The molecule has 1 atom stereocenters. The molecule has 2 aromatic heterocycles. The van der Waals surface area contributed by atoms with Gasteiger partial charge < -0.3 is 8.98 Å². The number of ketones is 2. The van der Waals surface area contributed by atoms with Gasteiger partial charge in [-0.2, -0.15) is 0 Å². The van der Waals surface area contributed by atoms with Crippen molar-refractivity contribution in [2.24, 2.45) is 7.05 Å². The van der Waals surface area contributed by atoms with Gasteiger partial charge in [0.15, 0.2) is 11.6 Å². The van der Waals surface area contributed by atoms with Crippen LogP contribution in [0.1, 0.15) is 48.5 Å². The number of carbonyl (C=O) groups excluding carboxylic acids is 2. The van der Waals surface area contributed by atoms with Crippen molar-refractivity contribution in [3.05, 3.63) is 54.2 Å². The van der Waals surface area contributed by atoms with Crippen LogP contribution in [-0.4, -0.2) is 21.1 Å². The minimum Gasteiger partial charge on any atom is -0.469 e. The maximum absolute atomic E-state index is 12.8. The fourth-order valence-electron chi connectivity index (χ4n) is 2.95. The Hall–Kier alpha value is -2.69. The highest BCUT2D eigenvalue weighted by molar-refractivity contribution is 6.00. The lowest BCUT2D eigenvalue weighted by Gasteiger charge is -2.12. The maximum Gasteiger partial charge on any atom is 0.199 e. The van der Waals surface area contributed by atoms with E-state index in [9.17, 15) is 9.59 Å². The molecule has 0 saturated heterocycles. The van der Waals surface area contributed by atoms with Crippen LogP contribution < -0.4 is 0 Å². The summed E-state index contributed by atoms with van der Waals surface area (Å²) in [5.74, 6) is 0.240. The molecule has 0 amide bonds. The van der Waals surface area contributed by atoms with E-state index < -0.39 is 5.92 Å². The molecule has 0 aliphatic heterocycles. The SMILES string of the molecule is CCCC(=O)C(CC(=O)c1nc2ccccc2n1C)c1ccco1. The fourth-order valence-corrected chi connectivity index (χ4v) is 2.95. The normalized spacial score (nSPS) is 12.4. The summed E-state index contributed by atoms with van der Waals surface area (Å²) < 4.78 is 7.17. The molecule has 124 valence electrons. The number of para-hydroxylation sites is 2. The molecule has 0 saturated carbocycles. The molecule has 0 N–H and O–H groups in total. The Morgan fingerprint density at radius 3 is 2.67 bits per heavy atom. The van der Waals surface area contributed by atoms with Crippen LogP contribution in [0.15, 0.2) is 47.1 Å². The Labute approximate surface area is 140 Å². The van der Waals surface area contributed by atoms with E-state index in [1.54, 1.807) is 16.7 Å². The molecule has 2 heterocycles. The van der Waals surface area contributed by atoms with Crippen molar-refractivity contribution in [3.63, 3.8) is 0 Å². The molecule has 5 nitrogen and oxygen atoms in total. The second-order valence-electron chi connectivity index (χ2n) is 5.89. The maximum atomic E-state index is 12.8. The number of aromatic nitrogens is 2. The van der Waals surface area contributed by atoms with Gasteiger partial charge in [-0.1, -0.05) is 19.1 Å². The summed E-state index contributed by atoms with van der Waals surface area (Å²) in [4.78, 5) is 29.6. The number of benzene rings is 1. The lowest BCUT2D eigenvalue weighted by molar-refractivity contribution is -0.120. The average molecular weight is 324 g/mol. The molecule has 0 aliphatic carbocycles. The van der Waals surface area contributed by atoms with Gasteiger partial charge in [0.25, 0.3) is 0 Å². The zero-order chi connectivity index (χ0) is 17.1. The molecular weight excluding hydrogens is 304 g/mol. The number of carbonyl (C=O) groups is 2. The van der Waals surface area contributed by atoms with Crippen molar-refractivity contribution in [3.8, 4) is 0 Å². The molecule has 0 radical (unpaired) electrons. The minimum atomic E-state index is -0.549. The van der Waals surface area contributed by atoms with Crippen LogP contribution in [-0.2, 0) is 11.8 Å². The summed E-state index contributed by atoms with van der Waals surface area (Å²) >= 11 is 0. The monoisotopic (exact) mass is 324 g/mol. The molecule has 0 fully saturated rings. The van der Waals surface area contributed by atoms with E-state index >= 15 is 0 Å². The van der Waals surface area contributed by atoms with Gasteiger partial charge >= 0.3 is 0 Å². The third-order valence-corrected chi connectivity index (χ3v) is 4.20. The highest BCUT2D eigenvalue weighted by Crippen LogP contribution is 2.26. The van der Waals surface area contributed by atoms with E-state index in [0.29, 0.717) is 18.0 Å². The van der Waals surface area contributed by atoms with Crippen LogP contribution in [0.4, 0.5) is 0 Å². The van der Waals surface area contributed by atoms with Crippen molar-refractivity contribution in [1.29, 1.82) is 0 Å². The van der Waals surface area contributed by atoms with Gasteiger partial charge in [-0.15, -0.1) is 0 Å². The zero-order valence-electron chi connectivity index (χ0n) is 13.9. The number of imidazole rings is 1. The summed E-state index contributed by atoms with van der Waals surface area (Å²) in [7, 11) is 1.82. The Morgan fingerprint density at radius 2 is 2.00 bits per heavy atom. The predicted molar refractivity (Wildman–Crippen MR) is 91.0 cm³/mol. The molecule has 3 rings (SSSR count). The molecule has 0 aliphatic rings. The van der Waals surface area contributed by atoms with Gasteiger partial charge in [0.2, 0.25) is 0 Å². The van der Waals surface area contributed by atoms with Crippen LogP contribution in [0.2, 0.25) is 0 Å². The van der Waals surface area contributed by atoms with Crippen molar-refractivity contribution in [1.82, 2.24) is 9.55 Å². The van der Waals surface area contributed by atoms with E-state index in [4.69, 9.17) is 4.42 Å². The zero-order valence-corrected chi connectivity index (χ0v) is 13.9. The first kappa shape index (κ1) is 16.2. The highest BCUT2D eigenvalue weighted by atomic mass is 16.3. The largest absolute Gasteiger partial charge is 0.469 e. The fraction of sp³-hybridized carbons (Fsp3) is 0.316. The summed E-state index contributed by atoms with van der Waals surface area (Å²) in [5, 5.41) is 0. The number of hydrogen-bond acceptors (Lipinski definition) is 4. The van der Waals surface area contributed by atoms with Gasteiger partial charge in [0, 0.05) is 19.9 Å². The first-order chi connectivity index (χ1) is 11.6. The number of rotatable bonds is 7. The number of fused-ring (bicyclic) bond motifs is 1. The first-order valence-corrected chi connectivity index (χ1v) is 8.12. The summed E-state index contributed by atoms with van der Waals surface area (Å²) in [6.07, 6.45) is 2.78. The lowest BCUT2D eigenvalue weighted by atomic mass is 9.92. The third kappa shape index (κ3) is 3.02. The van der Waals surface area contributed by atoms with Crippen molar-refractivity contribution >= 4 is 22.6 Å². The van der Waals surface area contributed by atoms with Gasteiger partial charge in [0.1, 0.15) is 11.5 Å². The highest BCUT2D eigenvalue weighted by Gasteiger charge is 2.27. The smallest absolute Gasteiger partial charge is 0.199 e. The van der Waals surface area contributed by atoms with Crippen molar-refractivity contribution in [2.75, 3.05) is 0 Å². The topological polar surface area (TPSA) is 65.1 Å². The lowest BCUT2D eigenvalue weighted by Crippen LogP contribution is -2.18. The van der Waals surface area contributed by atoms with E-state index in [1.807, 2.05) is 38.2 Å². The molecule has 1 unspecified atom stereocenters. The van der Waals surface area contributed by atoms with Crippen LogP contribution in [0.25, 0.3) is 11.0 Å². The number of nitrogens with zero attached hydrogens (tertiary/aromatic N) is 2. The number of aryl methyl sites for hydroxylation is 1. The van der Waals surface area contributed by atoms with Crippen molar-refractivity contribution < 1.29 is 14.0 Å². The summed E-state index contributed by atoms with van der Waals surface area (Å²) in [6.45, 7) is 1.95. The van der Waals surface area contributed by atoms with E-state index in [1.165, 1.54) is 6.26 Å². The number of Topliss-reactive ketones (excluding diaryl/α,β-unsaturated/α-hetero) is 2.